The second kappa shape index (κ2) is 8.55. The number of methoxy groups -OCH3 is 1. The highest BCUT2D eigenvalue weighted by atomic mass is 19.1. The van der Waals surface area contributed by atoms with Crippen molar-refractivity contribution < 1.29 is 23.8 Å². The third-order valence-electron chi connectivity index (χ3n) is 5.28. The van der Waals surface area contributed by atoms with Crippen molar-refractivity contribution in [1.82, 2.24) is 0 Å². The predicted octanol–water partition coefficient (Wildman–Crippen LogP) is 3.98. The molecule has 0 aliphatic carbocycles. The molecule has 1 saturated heterocycles. The van der Waals surface area contributed by atoms with Crippen molar-refractivity contribution in [1.29, 1.82) is 0 Å². The number of hydrogen-bond acceptors (Lipinski definition) is 4. The largest absolute Gasteiger partial charge is 0.497 e. The van der Waals surface area contributed by atoms with Crippen molar-refractivity contribution in [2.24, 2.45) is 5.92 Å². The number of halogens is 1. The number of nitrogens with zero attached hydrogens (tertiary/aromatic N) is 1. The molecule has 1 aliphatic heterocycles. The molecule has 0 bridgehead atoms. The highest BCUT2D eigenvalue weighted by Crippen LogP contribution is 2.45. The van der Waals surface area contributed by atoms with Gasteiger partial charge in [0.05, 0.1) is 19.1 Å². The Kier molecular flexibility index (Phi) is 5.68. The molecule has 1 aliphatic rings. The number of carbonyl (C=O) groups excluding carboxylic acids is 1. The second-order valence-electron chi connectivity index (χ2n) is 7.12. The highest BCUT2D eigenvalue weighted by molar-refractivity contribution is 6.03. The van der Waals surface area contributed by atoms with E-state index in [0.29, 0.717) is 11.5 Å². The molecule has 3 atom stereocenters. The number of aliphatic hydroxyl groups is 1. The summed E-state index contributed by atoms with van der Waals surface area (Å²) in [5.41, 5.74) is 1.66. The smallest absolute Gasteiger partial charge is 0.235 e. The summed E-state index contributed by atoms with van der Waals surface area (Å²) in [6.45, 7) is -0.0721. The van der Waals surface area contributed by atoms with Crippen LogP contribution in [0.4, 0.5) is 10.1 Å². The van der Waals surface area contributed by atoms with E-state index >= 15 is 0 Å². The number of ether oxygens (including phenoxy) is 2. The quantitative estimate of drug-likeness (QED) is 0.602. The minimum atomic E-state index is -1.02. The van der Waals surface area contributed by atoms with Crippen molar-refractivity contribution in [3.63, 3.8) is 0 Å². The number of anilines is 1. The van der Waals surface area contributed by atoms with E-state index in [2.05, 4.69) is 0 Å². The van der Waals surface area contributed by atoms with Crippen LogP contribution in [-0.2, 0) is 4.79 Å². The minimum Gasteiger partial charge on any atom is -0.497 e. The van der Waals surface area contributed by atoms with Gasteiger partial charge < -0.3 is 19.5 Å². The zero-order valence-electron chi connectivity index (χ0n) is 16.4. The van der Waals surface area contributed by atoms with Crippen LogP contribution < -0.4 is 14.4 Å². The van der Waals surface area contributed by atoms with Gasteiger partial charge in [0.15, 0.2) is 0 Å². The number of benzene rings is 3. The first-order valence-corrected chi connectivity index (χ1v) is 9.67. The summed E-state index contributed by atoms with van der Waals surface area (Å²) >= 11 is 0. The Morgan fingerprint density at radius 3 is 2.23 bits per heavy atom. The maximum atomic E-state index is 13.1. The monoisotopic (exact) mass is 407 g/mol. The second-order valence-corrected chi connectivity index (χ2v) is 7.12. The van der Waals surface area contributed by atoms with Gasteiger partial charge in [-0.15, -0.1) is 0 Å². The zero-order chi connectivity index (χ0) is 21.1. The fraction of sp³-hybridized carbons (Fsp3) is 0.208. The molecule has 2 unspecified atom stereocenters. The molecule has 4 rings (SSSR count). The summed E-state index contributed by atoms with van der Waals surface area (Å²) in [6, 6.07) is 22.0. The molecule has 1 fully saturated rings. The van der Waals surface area contributed by atoms with Crippen LogP contribution in [0, 0.1) is 11.7 Å². The molecule has 1 heterocycles. The Bertz CT molecular complexity index is 992. The molecule has 0 aromatic heterocycles. The average Bonchev–Trinajstić information content (AvgIpc) is 2.78. The topological polar surface area (TPSA) is 59.0 Å². The predicted molar refractivity (Wildman–Crippen MR) is 111 cm³/mol. The molecule has 0 saturated carbocycles. The van der Waals surface area contributed by atoms with E-state index in [-0.39, 0.29) is 24.4 Å². The molecule has 3 aromatic rings. The van der Waals surface area contributed by atoms with E-state index < -0.39 is 12.0 Å². The number of rotatable bonds is 7. The Morgan fingerprint density at radius 1 is 0.967 bits per heavy atom. The van der Waals surface area contributed by atoms with Crippen LogP contribution in [0.2, 0.25) is 0 Å². The van der Waals surface area contributed by atoms with Gasteiger partial charge in [-0.25, -0.2) is 4.39 Å². The van der Waals surface area contributed by atoms with Gasteiger partial charge in [-0.2, -0.15) is 0 Å². The molecule has 0 spiro atoms. The van der Waals surface area contributed by atoms with E-state index in [1.54, 1.807) is 12.0 Å². The third kappa shape index (κ3) is 3.86. The maximum absolute atomic E-state index is 13.1. The molecule has 1 amide bonds. The lowest BCUT2D eigenvalue weighted by Gasteiger charge is -2.49. The molecule has 30 heavy (non-hydrogen) atoms. The lowest BCUT2D eigenvalue weighted by molar-refractivity contribution is -0.137. The Balaban J connectivity index is 1.56. The van der Waals surface area contributed by atoms with Gasteiger partial charge in [0.2, 0.25) is 5.91 Å². The fourth-order valence-electron chi connectivity index (χ4n) is 3.74. The molecular weight excluding hydrogens is 385 g/mol. The van der Waals surface area contributed by atoms with Crippen LogP contribution >= 0.6 is 0 Å². The van der Waals surface area contributed by atoms with Crippen molar-refractivity contribution in [3.8, 4) is 11.5 Å². The van der Waals surface area contributed by atoms with Crippen LogP contribution in [0.1, 0.15) is 11.6 Å². The summed E-state index contributed by atoms with van der Waals surface area (Å²) in [4.78, 5) is 14.7. The van der Waals surface area contributed by atoms with Crippen LogP contribution in [-0.4, -0.2) is 30.8 Å². The molecule has 1 N–H and O–H groups in total. The van der Waals surface area contributed by atoms with E-state index in [9.17, 15) is 14.3 Å². The van der Waals surface area contributed by atoms with Crippen molar-refractivity contribution >= 4 is 11.6 Å². The van der Waals surface area contributed by atoms with Gasteiger partial charge >= 0.3 is 0 Å². The summed E-state index contributed by atoms with van der Waals surface area (Å²) in [5.74, 6) is -0.0399. The molecule has 0 radical (unpaired) electrons. The van der Waals surface area contributed by atoms with E-state index in [0.717, 1.165) is 11.3 Å². The van der Waals surface area contributed by atoms with Crippen molar-refractivity contribution in [2.45, 2.75) is 12.1 Å². The normalized spacial score (nSPS) is 19.2. The first-order chi connectivity index (χ1) is 14.6. The molecule has 6 heteroatoms. The number of para-hydroxylation sites is 1. The SMILES string of the molecule is COc1ccc(C2C([C@H](O)COc3ccc(F)cc3)C(=O)N2c2ccccc2)cc1. The van der Waals surface area contributed by atoms with Crippen LogP contribution in [0.3, 0.4) is 0 Å². The number of amides is 1. The molecule has 154 valence electrons. The van der Waals surface area contributed by atoms with Crippen LogP contribution in [0.15, 0.2) is 78.9 Å². The number of aliphatic hydroxyl groups excluding tert-OH is 1. The van der Waals surface area contributed by atoms with Gasteiger partial charge in [-0.05, 0) is 54.1 Å². The average molecular weight is 407 g/mol. The van der Waals surface area contributed by atoms with Gasteiger partial charge in [0.25, 0.3) is 0 Å². The summed E-state index contributed by atoms with van der Waals surface area (Å²) in [7, 11) is 1.59. The summed E-state index contributed by atoms with van der Waals surface area (Å²) in [6.07, 6.45) is -1.02. The standard InChI is InChI=1S/C24H22FNO4/c1-29-19-11-7-16(8-12-19)23-22(24(28)26(23)18-5-3-2-4-6-18)21(27)15-30-20-13-9-17(25)10-14-20/h2-14,21-23,27H,15H2,1H3/t21-,22?,23?/m1/s1. The van der Waals surface area contributed by atoms with E-state index in [1.807, 2.05) is 54.6 Å². The van der Waals surface area contributed by atoms with E-state index in [1.165, 1.54) is 24.3 Å². The first kappa shape index (κ1) is 19.9. The maximum Gasteiger partial charge on any atom is 0.235 e. The number of β-lactam (4-membered cyclic amide) rings is 1. The summed E-state index contributed by atoms with van der Waals surface area (Å²) < 4.78 is 23.9. The third-order valence-corrected chi connectivity index (χ3v) is 5.28. The molecular formula is C24H22FNO4. The lowest BCUT2D eigenvalue weighted by Crippen LogP contribution is -2.60. The zero-order valence-corrected chi connectivity index (χ0v) is 16.4. The summed E-state index contributed by atoms with van der Waals surface area (Å²) in [5, 5.41) is 10.8. The van der Waals surface area contributed by atoms with Crippen LogP contribution in [0.25, 0.3) is 0 Å². The minimum absolute atomic E-state index is 0.0721. The highest BCUT2D eigenvalue weighted by Gasteiger charge is 2.52. The Morgan fingerprint density at radius 2 is 1.60 bits per heavy atom. The van der Waals surface area contributed by atoms with Crippen LogP contribution in [0.5, 0.6) is 11.5 Å². The van der Waals surface area contributed by atoms with Gasteiger partial charge in [0, 0.05) is 5.69 Å². The molecule has 3 aromatic carbocycles. The van der Waals surface area contributed by atoms with Gasteiger partial charge in [-0.1, -0.05) is 30.3 Å². The van der Waals surface area contributed by atoms with Gasteiger partial charge in [0.1, 0.15) is 30.0 Å². The number of carbonyl (C=O) groups is 1. The number of hydrogen-bond donors (Lipinski definition) is 1. The first-order valence-electron chi connectivity index (χ1n) is 9.67. The Hall–Kier alpha value is -3.38. The van der Waals surface area contributed by atoms with Gasteiger partial charge in [-0.3, -0.25) is 4.79 Å². The fourth-order valence-corrected chi connectivity index (χ4v) is 3.74. The van der Waals surface area contributed by atoms with E-state index in [4.69, 9.17) is 9.47 Å². The molecule has 5 nitrogen and oxygen atoms in total. The van der Waals surface area contributed by atoms with Crippen molar-refractivity contribution in [2.75, 3.05) is 18.6 Å². The van der Waals surface area contributed by atoms with Crippen molar-refractivity contribution in [3.05, 3.63) is 90.2 Å². The lowest BCUT2D eigenvalue weighted by atomic mass is 9.78. The Labute approximate surface area is 174 Å².